The molecular weight excluding hydrogens is 634 g/mol. The predicted molar refractivity (Wildman–Crippen MR) is 150 cm³/mol. The van der Waals surface area contributed by atoms with Crippen molar-refractivity contribution in [2.75, 3.05) is 0 Å². The first-order chi connectivity index (χ1) is 20.6. The third-order valence-electron chi connectivity index (χ3n) is 7.48. The number of aromatic nitrogens is 1. The summed E-state index contributed by atoms with van der Waals surface area (Å²) in [6.45, 7) is 1.48. The zero-order valence-corrected chi connectivity index (χ0v) is 24.5. The molecule has 7 nitrogen and oxygen atoms in total. The molecule has 2 aromatic carbocycles. The molecule has 236 valence electrons. The van der Waals surface area contributed by atoms with Gasteiger partial charge in [0.1, 0.15) is 0 Å². The number of hydrogen-bond acceptors (Lipinski definition) is 6. The van der Waals surface area contributed by atoms with Gasteiger partial charge >= 0.3 is 12.1 Å². The van der Waals surface area contributed by atoms with Gasteiger partial charge in [-0.05, 0) is 47.9 Å². The summed E-state index contributed by atoms with van der Waals surface area (Å²) in [5.41, 5.74) is -0.683. The van der Waals surface area contributed by atoms with Crippen molar-refractivity contribution < 1.29 is 46.5 Å². The van der Waals surface area contributed by atoms with Gasteiger partial charge in [0.25, 0.3) is 0 Å². The summed E-state index contributed by atoms with van der Waals surface area (Å²) in [5, 5.41) is 20.6. The first-order valence-electron chi connectivity index (χ1n) is 13.3. The van der Waals surface area contributed by atoms with Crippen molar-refractivity contribution in [2.45, 2.75) is 63.1 Å². The molecule has 44 heavy (non-hydrogen) atoms. The number of aliphatic hydroxyl groups excluding tert-OH is 1. The van der Waals surface area contributed by atoms with E-state index < -0.39 is 72.9 Å². The number of hydrogen-bond donors (Lipinski definition) is 2. The number of amides is 1. The molecule has 2 heterocycles. The molecule has 2 N–H and O–H groups in total. The Morgan fingerprint density at radius 2 is 1.70 bits per heavy atom. The van der Waals surface area contributed by atoms with Gasteiger partial charge in [-0.2, -0.15) is 13.2 Å². The highest BCUT2D eigenvalue weighted by atomic mass is 35.5. The fourth-order valence-corrected chi connectivity index (χ4v) is 6.01. The van der Waals surface area contributed by atoms with Gasteiger partial charge in [-0.15, -0.1) is 0 Å². The van der Waals surface area contributed by atoms with Gasteiger partial charge in [-0.3, -0.25) is 4.79 Å². The first kappa shape index (κ1) is 33.6. The van der Waals surface area contributed by atoms with Crippen molar-refractivity contribution in [3.8, 4) is 5.88 Å². The zero-order chi connectivity index (χ0) is 32.4. The minimum absolute atomic E-state index is 0.0473. The highest BCUT2D eigenvalue weighted by molar-refractivity contribution is 6.30. The molecule has 3 aromatic rings. The third-order valence-corrected chi connectivity index (χ3v) is 7.96. The molecule has 1 aliphatic rings. The molecule has 0 bridgehead atoms. The number of piperidine rings is 1. The van der Waals surface area contributed by atoms with Crippen molar-refractivity contribution >= 4 is 35.1 Å². The molecule has 1 amide bonds. The average molecular weight is 661 g/mol. The van der Waals surface area contributed by atoms with Crippen LogP contribution in [0.5, 0.6) is 5.88 Å². The number of esters is 1. The van der Waals surface area contributed by atoms with Crippen LogP contribution in [-0.4, -0.2) is 50.9 Å². The van der Waals surface area contributed by atoms with Gasteiger partial charge in [0.15, 0.2) is 6.29 Å². The van der Waals surface area contributed by atoms with E-state index in [-0.39, 0.29) is 12.1 Å². The Kier molecular flexibility index (Phi) is 10.2. The van der Waals surface area contributed by atoms with Crippen LogP contribution in [0.4, 0.5) is 22.0 Å². The quantitative estimate of drug-likeness (QED) is 0.145. The minimum atomic E-state index is -5.35. The van der Waals surface area contributed by atoms with Crippen LogP contribution in [0.25, 0.3) is 0 Å². The highest BCUT2D eigenvalue weighted by Crippen LogP contribution is 2.54. The largest absolute Gasteiger partial charge is 0.491 e. The second-order valence-electron chi connectivity index (χ2n) is 10.8. The first-order valence-corrected chi connectivity index (χ1v) is 14.1. The van der Waals surface area contributed by atoms with Crippen LogP contribution in [0.15, 0.2) is 66.7 Å². The van der Waals surface area contributed by atoms with E-state index in [1.54, 1.807) is 48.5 Å². The number of nitrogens with zero attached hydrogens (tertiary/aromatic N) is 2. The van der Waals surface area contributed by atoms with Crippen LogP contribution in [0.1, 0.15) is 61.0 Å². The van der Waals surface area contributed by atoms with E-state index in [2.05, 4.69) is 9.72 Å². The van der Waals surface area contributed by atoms with Crippen LogP contribution in [0.3, 0.4) is 0 Å². The zero-order valence-electron chi connectivity index (χ0n) is 23.0. The Morgan fingerprint density at radius 1 is 1.05 bits per heavy atom. The molecule has 1 saturated heterocycles. The SMILES string of the molecule is CC1(CC(O)O)C[C@H](c2cccc(Cl)c2)[C@@H](c2ccc(Cl)cc2)N(C(CC(F)F)c2cccc(OC(=O)C(F)(F)F)n2)C1=O. The number of halogens is 7. The lowest BCUT2D eigenvalue weighted by Crippen LogP contribution is -2.54. The molecule has 0 spiro atoms. The normalized spacial score (nSPS) is 21.5. The summed E-state index contributed by atoms with van der Waals surface area (Å²) >= 11 is 12.4. The van der Waals surface area contributed by atoms with Crippen LogP contribution in [0.2, 0.25) is 10.0 Å². The Labute approximate surface area is 259 Å². The van der Waals surface area contributed by atoms with Crippen molar-refractivity contribution in [2.24, 2.45) is 5.41 Å². The van der Waals surface area contributed by atoms with E-state index in [0.717, 1.165) is 17.0 Å². The van der Waals surface area contributed by atoms with Crippen LogP contribution in [0, 0.1) is 5.41 Å². The minimum Gasteiger partial charge on any atom is -0.401 e. The van der Waals surface area contributed by atoms with Gasteiger partial charge in [0.05, 0.1) is 23.2 Å². The summed E-state index contributed by atoms with van der Waals surface area (Å²) in [4.78, 5) is 31.0. The van der Waals surface area contributed by atoms with Gasteiger partial charge in [0, 0.05) is 34.9 Å². The number of rotatable bonds is 9. The second-order valence-corrected chi connectivity index (χ2v) is 11.6. The molecule has 4 atom stereocenters. The number of ether oxygens (including phenoxy) is 1. The van der Waals surface area contributed by atoms with Crippen molar-refractivity contribution in [3.63, 3.8) is 0 Å². The predicted octanol–water partition coefficient (Wildman–Crippen LogP) is 7.02. The fraction of sp³-hybridized carbons (Fsp3) is 0.367. The number of carbonyl (C=O) groups excluding carboxylic acids is 2. The van der Waals surface area contributed by atoms with Crippen LogP contribution in [-0.2, 0) is 9.59 Å². The number of likely N-dealkylation sites (tertiary alicyclic amines) is 1. The lowest BCUT2D eigenvalue weighted by molar-refractivity contribution is -0.190. The molecule has 1 fully saturated rings. The monoisotopic (exact) mass is 660 g/mol. The smallest absolute Gasteiger partial charge is 0.401 e. The molecule has 1 aromatic heterocycles. The van der Waals surface area contributed by atoms with Crippen molar-refractivity contribution in [3.05, 3.63) is 93.6 Å². The number of carbonyl (C=O) groups is 2. The molecular formula is C30H27Cl2F5N2O5. The second kappa shape index (κ2) is 13.4. The molecule has 4 rings (SSSR count). The maximum absolute atomic E-state index is 14.4. The molecule has 2 unspecified atom stereocenters. The molecule has 14 heteroatoms. The van der Waals surface area contributed by atoms with E-state index >= 15 is 0 Å². The summed E-state index contributed by atoms with van der Waals surface area (Å²) in [7, 11) is 0. The topological polar surface area (TPSA) is 100.0 Å². The summed E-state index contributed by atoms with van der Waals surface area (Å²) in [6, 6.07) is 13.8. The van der Waals surface area contributed by atoms with E-state index in [1.165, 1.54) is 13.0 Å². The number of aliphatic hydroxyl groups is 2. The highest BCUT2D eigenvalue weighted by Gasteiger charge is 2.53. The molecule has 1 aliphatic heterocycles. The van der Waals surface area contributed by atoms with Gasteiger partial charge in [-0.1, -0.05) is 60.5 Å². The Hall–Kier alpha value is -3.32. The van der Waals surface area contributed by atoms with E-state index in [0.29, 0.717) is 21.2 Å². The van der Waals surface area contributed by atoms with Crippen molar-refractivity contribution in [1.29, 1.82) is 0 Å². The number of alkyl halides is 5. The Balaban J connectivity index is 1.95. The Bertz CT molecular complexity index is 1490. The van der Waals surface area contributed by atoms with Gasteiger partial charge in [0.2, 0.25) is 18.2 Å². The van der Waals surface area contributed by atoms with Crippen LogP contribution < -0.4 is 4.74 Å². The number of benzene rings is 2. The standard InChI is InChI=1S/C30H27Cl2F5N2O5/c1-29(15-25(40)41)14-20(17-4-2-5-19(32)12-17)26(16-8-10-18(31)11-9-16)39(27(29)42)22(13-23(33)34)21-6-3-7-24(38-21)44-28(43)30(35,36)37/h2-12,20,22-23,25-26,40-41H,13-15H2,1H3/t20-,22?,26-,29?/m1/s1. The van der Waals surface area contributed by atoms with Gasteiger partial charge in [-0.25, -0.2) is 18.6 Å². The summed E-state index contributed by atoms with van der Waals surface area (Å²) < 4.78 is 71.5. The number of pyridine rings is 1. The third kappa shape index (κ3) is 7.66. The molecule has 0 aliphatic carbocycles. The van der Waals surface area contributed by atoms with E-state index in [1.807, 2.05) is 0 Å². The van der Waals surface area contributed by atoms with E-state index in [4.69, 9.17) is 23.2 Å². The Morgan fingerprint density at radius 3 is 2.30 bits per heavy atom. The summed E-state index contributed by atoms with van der Waals surface area (Å²) in [5.74, 6) is -4.75. The average Bonchev–Trinajstić information content (AvgIpc) is 2.93. The lowest BCUT2D eigenvalue weighted by atomic mass is 9.66. The molecule has 0 radical (unpaired) electrons. The summed E-state index contributed by atoms with van der Waals surface area (Å²) in [6.07, 6.45) is -11.7. The maximum Gasteiger partial charge on any atom is 0.491 e. The maximum atomic E-state index is 14.4. The van der Waals surface area contributed by atoms with Crippen molar-refractivity contribution in [1.82, 2.24) is 9.88 Å². The van der Waals surface area contributed by atoms with E-state index in [9.17, 15) is 41.8 Å². The fourth-order valence-electron chi connectivity index (χ4n) is 5.69. The van der Waals surface area contributed by atoms with Crippen LogP contribution >= 0.6 is 23.2 Å². The molecule has 0 saturated carbocycles. The lowest BCUT2D eigenvalue weighted by Gasteiger charge is -2.52. The van der Waals surface area contributed by atoms with Gasteiger partial charge < -0.3 is 19.8 Å².